The third kappa shape index (κ3) is 1.77. The second kappa shape index (κ2) is 3.73. The van der Waals surface area contributed by atoms with E-state index in [1.54, 1.807) is 0 Å². The van der Waals surface area contributed by atoms with Gasteiger partial charge in [-0.15, -0.1) is 0 Å². The Morgan fingerprint density at radius 2 is 2.12 bits per heavy atom. The second-order valence-corrected chi connectivity index (χ2v) is 2.97. The molecule has 0 aliphatic rings. The molecular formula is C10H5F2NO3. The molecule has 0 spiro atoms. The van der Waals surface area contributed by atoms with Crippen LogP contribution in [0.4, 0.5) is 8.78 Å². The third-order valence-electron chi connectivity index (χ3n) is 1.88. The molecule has 1 aromatic heterocycles. The lowest BCUT2D eigenvalue weighted by Gasteiger charge is -1.97. The molecule has 1 aromatic carbocycles. The molecule has 0 aliphatic heterocycles. The van der Waals surface area contributed by atoms with Crippen LogP contribution in [0.25, 0.3) is 11.5 Å². The highest BCUT2D eigenvalue weighted by atomic mass is 19.1. The van der Waals surface area contributed by atoms with Crippen molar-refractivity contribution in [1.29, 1.82) is 0 Å². The number of aromatic nitrogens is 1. The Labute approximate surface area is 88.2 Å². The number of hydrogen-bond acceptors (Lipinski definition) is 3. The van der Waals surface area contributed by atoms with Gasteiger partial charge in [0.05, 0.1) is 5.56 Å². The van der Waals surface area contributed by atoms with E-state index in [-0.39, 0.29) is 17.1 Å². The van der Waals surface area contributed by atoms with E-state index in [0.717, 1.165) is 18.4 Å². The fourth-order valence-electron chi connectivity index (χ4n) is 1.16. The van der Waals surface area contributed by atoms with Crippen molar-refractivity contribution < 1.29 is 23.1 Å². The van der Waals surface area contributed by atoms with Gasteiger partial charge in [-0.05, 0) is 12.1 Å². The van der Waals surface area contributed by atoms with Crippen LogP contribution in [-0.2, 0) is 0 Å². The lowest BCUT2D eigenvalue weighted by molar-refractivity contribution is 0.0690. The molecule has 1 heterocycles. The first kappa shape index (κ1) is 10.3. The monoisotopic (exact) mass is 225 g/mol. The van der Waals surface area contributed by atoms with Crippen molar-refractivity contribution in [3.05, 3.63) is 41.8 Å². The van der Waals surface area contributed by atoms with Crippen molar-refractivity contribution >= 4 is 5.97 Å². The molecule has 4 nitrogen and oxygen atoms in total. The van der Waals surface area contributed by atoms with Gasteiger partial charge in [-0.3, -0.25) is 0 Å². The van der Waals surface area contributed by atoms with Crippen LogP contribution in [-0.4, -0.2) is 16.1 Å². The maximum absolute atomic E-state index is 13.3. The van der Waals surface area contributed by atoms with Crippen LogP contribution in [0.15, 0.2) is 28.9 Å². The zero-order valence-corrected chi connectivity index (χ0v) is 7.78. The number of carbonyl (C=O) groups is 1. The molecule has 0 unspecified atom stereocenters. The smallest absolute Gasteiger partial charge is 0.357 e. The van der Waals surface area contributed by atoms with E-state index >= 15 is 0 Å². The summed E-state index contributed by atoms with van der Waals surface area (Å²) in [5.74, 6) is -3.07. The van der Waals surface area contributed by atoms with E-state index in [1.165, 1.54) is 0 Å². The van der Waals surface area contributed by atoms with Crippen molar-refractivity contribution in [1.82, 2.24) is 4.98 Å². The maximum atomic E-state index is 13.3. The minimum atomic E-state index is -1.28. The van der Waals surface area contributed by atoms with Crippen LogP contribution in [0.1, 0.15) is 10.5 Å². The van der Waals surface area contributed by atoms with Gasteiger partial charge in [-0.1, -0.05) is 0 Å². The standard InChI is InChI=1S/C10H5F2NO3/c11-5-1-2-6(7(12)3-5)9-13-8(4-16-9)10(14)15/h1-4H,(H,14,15). The van der Waals surface area contributed by atoms with Gasteiger partial charge in [0, 0.05) is 6.07 Å². The first-order valence-corrected chi connectivity index (χ1v) is 4.22. The van der Waals surface area contributed by atoms with E-state index in [2.05, 4.69) is 4.98 Å². The molecule has 2 aromatic rings. The van der Waals surface area contributed by atoms with Crippen LogP contribution in [0.3, 0.4) is 0 Å². The Morgan fingerprint density at radius 1 is 1.38 bits per heavy atom. The summed E-state index contributed by atoms with van der Waals surface area (Å²) in [7, 11) is 0. The molecule has 0 radical (unpaired) electrons. The van der Waals surface area contributed by atoms with Gasteiger partial charge in [0.1, 0.15) is 17.9 Å². The van der Waals surface area contributed by atoms with Crippen molar-refractivity contribution in [2.75, 3.05) is 0 Å². The Hall–Kier alpha value is -2.24. The molecule has 0 fully saturated rings. The molecule has 0 saturated heterocycles. The van der Waals surface area contributed by atoms with Gasteiger partial charge in [0.25, 0.3) is 0 Å². The van der Waals surface area contributed by atoms with Gasteiger partial charge < -0.3 is 9.52 Å². The predicted octanol–water partition coefficient (Wildman–Crippen LogP) is 2.32. The number of carboxylic acids is 1. The third-order valence-corrected chi connectivity index (χ3v) is 1.88. The summed E-state index contributed by atoms with van der Waals surface area (Å²) in [5, 5.41) is 8.58. The van der Waals surface area contributed by atoms with E-state index < -0.39 is 17.6 Å². The van der Waals surface area contributed by atoms with Crippen LogP contribution in [0.2, 0.25) is 0 Å². The molecule has 0 amide bonds. The molecule has 82 valence electrons. The van der Waals surface area contributed by atoms with Crippen LogP contribution in [0.5, 0.6) is 0 Å². The zero-order chi connectivity index (χ0) is 11.7. The molecule has 2 rings (SSSR count). The molecule has 0 saturated carbocycles. The lowest BCUT2D eigenvalue weighted by Crippen LogP contribution is -1.96. The average molecular weight is 225 g/mol. The number of aromatic carboxylic acids is 1. The summed E-state index contributed by atoms with van der Waals surface area (Å²) in [6, 6.07) is 2.82. The maximum Gasteiger partial charge on any atom is 0.357 e. The fraction of sp³-hybridized carbons (Fsp3) is 0. The number of rotatable bonds is 2. The summed E-state index contributed by atoms with van der Waals surface area (Å²) in [5.41, 5.74) is -0.423. The number of nitrogens with zero attached hydrogens (tertiary/aromatic N) is 1. The largest absolute Gasteiger partial charge is 0.476 e. The molecule has 0 bridgehead atoms. The molecule has 0 aliphatic carbocycles. The highest BCUT2D eigenvalue weighted by molar-refractivity contribution is 5.85. The number of oxazole rings is 1. The molecular weight excluding hydrogens is 220 g/mol. The Kier molecular flexibility index (Phi) is 2.40. The van der Waals surface area contributed by atoms with E-state index in [1.807, 2.05) is 0 Å². The van der Waals surface area contributed by atoms with Gasteiger partial charge in [0.15, 0.2) is 5.69 Å². The lowest BCUT2D eigenvalue weighted by atomic mass is 10.2. The summed E-state index contributed by atoms with van der Waals surface area (Å²) in [6.45, 7) is 0. The van der Waals surface area contributed by atoms with Crippen molar-refractivity contribution in [2.24, 2.45) is 0 Å². The summed E-state index contributed by atoms with van der Waals surface area (Å²) < 4.78 is 30.6. The minimum absolute atomic E-state index is 0.0890. The van der Waals surface area contributed by atoms with Gasteiger partial charge in [-0.25, -0.2) is 18.6 Å². The first-order valence-electron chi connectivity index (χ1n) is 4.22. The minimum Gasteiger partial charge on any atom is -0.476 e. The summed E-state index contributed by atoms with van der Waals surface area (Å²) >= 11 is 0. The van der Waals surface area contributed by atoms with Crippen molar-refractivity contribution in [2.45, 2.75) is 0 Å². The van der Waals surface area contributed by atoms with Gasteiger partial charge >= 0.3 is 5.97 Å². The van der Waals surface area contributed by atoms with Gasteiger partial charge in [-0.2, -0.15) is 0 Å². The van der Waals surface area contributed by atoms with Crippen molar-refractivity contribution in [3.8, 4) is 11.5 Å². The number of halogens is 2. The molecule has 0 atom stereocenters. The predicted molar refractivity (Wildman–Crippen MR) is 48.8 cm³/mol. The van der Waals surface area contributed by atoms with Gasteiger partial charge in [0.2, 0.25) is 5.89 Å². The van der Waals surface area contributed by atoms with Crippen LogP contribution < -0.4 is 0 Å². The number of hydrogen-bond donors (Lipinski definition) is 1. The van der Waals surface area contributed by atoms with E-state index in [4.69, 9.17) is 9.52 Å². The van der Waals surface area contributed by atoms with E-state index in [0.29, 0.717) is 6.07 Å². The summed E-state index contributed by atoms with van der Waals surface area (Å²) in [4.78, 5) is 14.1. The Bertz CT molecular complexity index is 551. The fourth-order valence-corrected chi connectivity index (χ4v) is 1.16. The van der Waals surface area contributed by atoms with Crippen LogP contribution in [0, 0.1) is 11.6 Å². The highest BCUT2D eigenvalue weighted by Gasteiger charge is 2.15. The molecule has 1 N–H and O–H groups in total. The SMILES string of the molecule is O=C(O)c1coc(-c2ccc(F)cc2F)n1. The van der Waals surface area contributed by atoms with Crippen LogP contribution >= 0.6 is 0 Å². The Morgan fingerprint density at radius 3 is 2.69 bits per heavy atom. The Balaban J connectivity index is 2.46. The normalized spacial score (nSPS) is 10.4. The average Bonchev–Trinajstić information content (AvgIpc) is 2.66. The second-order valence-electron chi connectivity index (χ2n) is 2.97. The number of benzene rings is 1. The summed E-state index contributed by atoms with van der Waals surface area (Å²) in [6.07, 6.45) is 0.889. The topological polar surface area (TPSA) is 63.3 Å². The van der Waals surface area contributed by atoms with E-state index in [9.17, 15) is 13.6 Å². The molecule has 6 heteroatoms. The first-order chi connectivity index (χ1) is 7.58. The highest BCUT2D eigenvalue weighted by Crippen LogP contribution is 2.22. The quantitative estimate of drug-likeness (QED) is 0.851. The zero-order valence-electron chi connectivity index (χ0n) is 7.78. The molecule has 16 heavy (non-hydrogen) atoms. The van der Waals surface area contributed by atoms with Crippen molar-refractivity contribution in [3.63, 3.8) is 0 Å². The number of carboxylic acid groups (broad SMARTS) is 1.